The van der Waals surface area contributed by atoms with Crippen LogP contribution in [0.3, 0.4) is 0 Å². The van der Waals surface area contributed by atoms with E-state index in [1.54, 1.807) is 0 Å². The lowest BCUT2D eigenvalue weighted by Crippen LogP contribution is -2.57. The summed E-state index contributed by atoms with van der Waals surface area (Å²) in [5, 5.41) is 3.87. The molecule has 2 nitrogen and oxygen atoms in total. The van der Waals surface area contributed by atoms with Gasteiger partial charge in [-0.1, -0.05) is 27.7 Å². The number of nitrogens with zero attached hydrogens (tertiary/aromatic N) is 1. The molecule has 2 rings (SSSR count). The molecule has 2 aliphatic rings. The Kier molecular flexibility index (Phi) is 6.35. The average Bonchev–Trinajstić information content (AvgIpc) is 2.60. The predicted octanol–water partition coefficient (Wildman–Crippen LogP) is 3.91. The van der Waals surface area contributed by atoms with Crippen molar-refractivity contribution in [1.82, 2.24) is 10.2 Å². The highest BCUT2D eigenvalue weighted by molar-refractivity contribution is 4.94. The number of nitrogens with one attached hydrogen (secondary N) is 1. The van der Waals surface area contributed by atoms with Gasteiger partial charge in [0.25, 0.3) is 0 Å². The summed E-state index contributed by atoms with van der Waals surface area (Å²) in [5.74, 6) is 2.67. The van der Waals surface area contributed by atoms with E-state index < -0.39 is 0 Å². The minimum absolute atomic E-state index is 0.724. The Hall–Kier alpha value is -0.0800. The number of likely N-dealkylation sites (tertiary alicyclic amines) is 1. The van der Waals surface area contributed by atoms with Gasteiger partial charge in [0.15, 0.2) is 0 Å². The number of hydrogen-bond donors (Lipinski definition) is 1. The van der Waals surface area contributed by atoms with E-state index in [0.717, 1.165) is 29.8 Å². The molecule has 0 aromatic rings. The third kappa shape index (κ3) is 4.21. The summed E-state index contributed by atoms with van der Waals surface area (Å²) in [4.78, 5) is 2.84. The van der Waals surface area contributed by atoms with Gasteiger partial charge < -0.3 is 5.32 Å². The van der Waals surface area contributed by atoms with Crippen molar-refractivity contribution >= 4 is 0 Å². The van der Waals surface area contributed by atoms with Crippen molar-refractivity contribution < 1.29 is 0 Å². The fourth-order valence-electron chi connectivity index (χ4n) is 4.57. The summed E-state index contributed by atoms with van der Waals surface area (Å²) >= 11 is 0. The molecule has 2 heteroatoms. The summed E-state index contributed by atoms with van der Waals surface area (Å²) in [5.41, 5.74) is 0. The molecule has 0 bridgehead atoms. The van der Waals surface area contributed by atoms with Gasteiger partial charge in [-0.2, -0.15) is 0 Å². The van der Waals surface area contributed by atoms with E-state index in [1.165, 1.54) is 58.2 Å². The molecule has 20 heavy (non-hydrogen) atoms. The largest absolute Gasteiger partial charge is 0.312 e. The zero-order valence-electron chi connectivity index (χ0n) is 14.2. The van der Waals surface area contributed by atoms with Crippen molar-refractivity contribution in [2.24, 2.45) is 17.8 Å². The highest BCUT2D eigenvalue weighted by Gasteiger charge is 2.37. The molecule has 118 valence electrons. The molecule has 0 amide bonds. The minimum atomic E-state index is 0.724. The van der Waals surface area contributed by atoms with Gasteiger partial charge in [0.1, 0.15) is 0 Å². The van der Waals surface area contributed by atoms with E-state index in [4.69, 9.17) is 0 Å². The van der Waals surface area contributed by atoms with Crippen LogP contribution in [0.5, 0.6) is 0 Å². The van der Waals surface area contributed by atoms with Crippen LogP contribution in [0, 0.1) is 17.8 Å². The molecule has 0 radical (unpaired) electrons. The molecule has 5 atom stereocenters. The van der Waals surface area contributed by atoms with Gasteiger partial charge >= 0.3 is 0 Å². The second-order valence-corrected chi connectivity index (χ2v) is 7.68. The molecule has 2 fully saturated rings. The number of rotatable bonds is 4. The lowest BCUT2D eigenvalue weighted by Gasteiger charge is -2.46. The Labute approximate surface area is 126 Å². The van der Waals surface area contributed by atoms with Crippen LogP contribution >= 0.6 is 0 Å². The molecule has 1 N–H and O–H groups in total. The maximum atomic E-state index is 3.87. The molecule has 1 saturated carbocycles. The van der Waals surface area contributed by atoms with Crippen LogP contribution in [-0.2, 0) is 0 Å². The van der Waals surface area contributed by atoms with Crippen LogP contribution in [0.1, 0.15) is 66.2 Å². The van der Waals surface area contributed by atoms with Gasteiger partial charge in [0.2, 0.25) is 0 Å². The first-order chi connectivity index (χ1) is 9.61. The van der Waals surface area contributed by atoms with E-state index >= 15 is 0 Å². The highest BCUT2D eigenvalue weighted by Crippen LogP contribution is 2.34. The summed E-state index contributed by atoms with van der Waals surface area (Å²) < 4.78 is 0. The maximum absolute atomic E-state index is 3.87. The first kappa shape index (κ1) is 16.3. The van der Waals surface area contributed by atoms with Gasteiger partial charge in [0, 0.05) is 12.1 Å². The molecular weight excluding hydrogens is 244 g/mol. The van der Waals surface area contributed by atoms with Crippen LogP contribution < -0.4 is 5.32 Å². The zero-order chi connectivity index (χ0) is 14.5. The van der Waals surface area contributed by atoms with Crippen molar-refractivity contribution in [3.05, 3.63) is 0 Å². The minimum Gasteiger partial charge on any atom is -0.312 e. The first-order valence-corrected chi connectivity index (χ1v) is 9.09. The van der Waals surface area contributed by atoms with E-state index in [9.17, 15) is 0 Å². The Morgan fingerprint density at radius 2 is 1.80 bits per heavy atom. The molecule has 5 unspecified atom stereocenters. The molecule has 1 aliphatic carbocycles. The van der Waals surface area contributed by atoms with E-state index in [0.29, 0.717) is 0 Å². The molecule has 1 saturated heterocycles. The summed E-state index contributed by atoms with van der Waals surface area (Å²) in [6.45, 7) is 13.5. The third-order valence-corrected chi connectivity index (χ3v) is 5.56. The lowest BCUT2D eigenvalue weighted by molar-refractivity contribution is 0.0630. The fraction of sp³-hybridized carbons (Fsp3) is 1.00. The van der Waals surface area contributed by atoms with Gasteiger partial charge in [-0.05, 0) is 75.9 Å². The summed E-state index contributed by atoms with van der Waals surface area (Å²) in [6.07, 6.45) is 8.28. The molecule has 0 aromatic carbocycles. The Balaban J connectivity index is 2.03. The van der Waals surface area contributed by atoms with Crippen LogP contribution in [0.25, 0.3) is 0 Å². The molecule has 1 aliphatic heterocycles. The maximum Gasteiger partial charge on any atom is 0.0275 e. The predicted molar refractivity (Wildman–Crippen MR) is 88.0 cm³/mol. The van der Waals surface area contributed by atoms with Crippen molar-refractivity contribution in [1.29, 1.82) is 0 Å². The van der Waals surface area contributed by atoms with Gasteiger partial charge in [0.05, 0.1) is 0 Å². The molecule has 0 aromatic heterocycles. The van der Waals surface area contributed by atoms with E-state index in [-0.39, 0.29) is 0 Å². The monoisotopic (exact) mass is 280 g/mol. The SMILES string of the molecule is CCCNC1CC(C)CC(C)C1N1CCCC(C)CC1. The number of hydrogen-bond acceptors (Lipinski definition) is 2. The smallest absolute Gasteiger partial charge is 0.0275 e. The molecular formula is C18H36N2. The highest BCUT2D eigenvalue weighted by atomic mass is 15.2. The Morgan fingerprint density at radius 1 is 1.00 bits per heavy atom. The average molecular weight is 281 g/mol. The van der Waals surface area contributed by atoms with Gasteiger partial charge in [-0.3, -0.25) is 4.90 Å². The topological polar surface area (TPSA) is 15.3 Å². The zero-order valence-corrected chi connectivity index (χ0v) is 14.2. The van der Waals surface area contributed by atoms with Crippen LogP contribution in [0.2, 0.25) is 0 Å². The van der Waals surface area contributed by atoms with Crippen molar-refractivity contribution in [3.63, 3.8) is 0 Å². The second kappa shape index (κ2) is 7.79. The van der Waals surface area contributed by atoms with Crippen LogP contribution in [0.4, 0.5) is 0 Å². The van der Waals surface area contributed by atoms with Crippen molar-refractivity contribution in [2.75, 3.05) is 19.6 Å². The molecule has 1 heterocycles. The first-order valence-electron chi connectivity index (χ1n) is 9.09. The van der Waals surface area contributed by atoms with Crippen molar-refractivity contribution in [2.45, 2.75) is 78.3 Å². The van der Waals surface area contributed by atoms with E-state index in [2.05, 4.69) is 37.9 Å². The second-order valence-electron chi connectivity index (χ2n) is 7.68. The standard InChI is InChI=1S/C18H36N2/c1-5-9-19-17-13-15(3)12-16(4)18(17)20-10-6-7-14(2)8-11-20/h14-19H,5-13H2,1-4H3. The van der Waals surface area contributed by atoms with Crippen LogP contribution in [0.15, 0.2) is 0 Å². The van der Waals surface area contributed by atoms with Crippen LogP contribution in [-0.4, -0.2) is 36.6 Å². The fourth-order valence-corrected chi connectivity index (χ4v) is 4.57. The Bertz CT molecular complexity index is 275. The van der Waals surface area contributed by atoms with Crippen molar-refractivity contribution in [3.8, 4) is 0 Å². The third-order valence-electron chi connectivity index (χ3n) is 5.56. The van der Waals surface area contributed by atoms with E-state index in [1.807, 2.05) is 0 Å². The molecule has 0 spiro atoms. The normalized spacial score (nSPS) is 40.5. The Morgan fingerprint density at radius 3 is 2.55 bits per heavy atom. The summed E-state index contributed by atoms with van der Waals surface area (Å²) in [7, 11) is 0. The summed E-state index contributed by atoms with van der Waals surface area (Å²) in [6, 6.07) is 1.50. The lowest BCUT2D eigenvalue weighted by atomic mass is 9.75. The van der Waals surface area contributed by atoms with Gasteiger partial charge in [-0.25, -0.2) is 0 Å². The van der Waals surface area contributed by atoms with Gasteiger partial charge in [-0.15, -0.1) is 0 Å². The quantitative estimate of drug-likeness (QED) is 0.840.